The van der Waals surface area contributed by atoms with Gasteiger partial charge in [-0.3, -0.25) is 0 Å². The molecule has 144 valence electrons. The molecule has 0 saturated carbocycles. The third kappa shape index (κ3) is 3.69. The average molecular weight is 499 g/mol. The van der Waals surface area contributed by atoms with Crippen molar-refractivity contribution in [1.29, 1.82) is 0 Å². The molecule has 0 aromatic heterocycles. The Hall–Kier alpha value is -2.60. The number of rotatable bonds is 4. The zero-order valence-corrected chi connectivity index (χ0v) is 18.1. The summed E-state index contributed by atoms with van der Waals surface area (Å²) >= 11 is -4.44. The summed E-state index contributed by atoms with van der Waals surface area (Å²) in [6.45, 7) is 0. The molecule has 0 aliphatic heterocycles. The second kappa shape index (κ2) is 8.03. The Labute approximate surface area is 170 Å². The fourth-order valence-electron chi connectivity index (χ4n) is 3.89. The van der Waals surface area contributed by atoms with Crippen molar-refractivity contribution in [3.63, 3.8) is 0 Å². The second-order valence-corrected chi connectivity index (χ2v) is 17.7. The third-order valence-electron chi connectivity index (χ3n) is 5.03. The maximum absolute atomic E-state index is 14.3. The van der Waals surface area contributed by atoms with E-state index in [-0.39, 0.29) is 0 Å². The predicted octanol–water partition coefficient (Wildman–Crippen LogP) is 3.62. The van der Waals surface area contributed by atoms with Gasteiger partial charge < -0.3 is 0 Å². The number of benzene rings is 4. The Morgan fingerprint density at radius 1 is 0.379 bits per heavy atom. The molecule has 0 aliphatic carbocycles. The van der Waals surface area contributed by atoms with Gasteiger partial charge in [0.2, 0.25) is 0 Å². The first-order valence-electron chi connectivity index (χ1n) is 9.04. The van der Waals surface area contributed by atoms with Gasteiger partial charge in [0.25, 0.3) is 0 Å². The van der Waals surface area contributed by atoms with Gasteiger partial charge in [0.1, 0.15) is 0 Å². The van der Waals surface area contributed by atoms with Crippen molar-refractivity contribution in [2.75, 3.05) is 0 Å². The molecule has 0 amide bonds. The Balaban J connectivity index is 2.19. The normalized spacial score (nSPS) is 11.4. The molecule has 0 heterocycles. The van der Waals surface area contributed by atoms with Crippen LogP contribution in [0.5, 0.6) is 0 Å². The Kier molecular flexibility index (Phi) is 5.45. The molecule has 0 atom stereocenters. The number of hydrogen-bond acceptors (Lipinski definition) is 0. The minimum absolute atomic E-state index is 0.451. The van der Waals surface area contributed by atoms with Crippen LogP contribution in [0.15, 0.2) is 97.1 Å². The van der Waals surface area contributed by atoms with E-state index in [9.17, 15) is 17.6 Å². The monoisotopic (exact) mass is 500 g/mol. The first kappa shape index (κ1) is 19.7. The van der Waals surface area contributed by atoms with E-state index in [1.165, 1.54) is 48.5 Å². The Morgan fingerprint density at radius 2 is 0.621 bits per heavy atom. The van der Waals surface area contributed by atoms with E-state index in [1.54, 1.807) is 48.5 Å². The molecular formula is C24H16F4Sn. The first-order chi connectivity index (χ1) is 14.0. The second-order valence-electron chi connectivity index (χ2n) is 6.79. The topological polar surface area (TPSA) is 0 Å². The molecule has 0 bridgehead atoms. The third-order valence-corrected chi connectivity index (χ3v) is 18.5. The summed E-state index contributed by atoms with van der Waals surface area (Å²) in [5.41, 5.74) is 0. The van der Waals surface area contributed by atoms with Crippen LogP contribution in [0.1, 0.15) is 0 Å². The molecule has 0 N–H and O–H groups in total. The summed E-state index contributed by atoms with van der Waals surface area (Å²) in [6, 6.07) is 24.3. The summed E-state index contributed by atoms with van der Waals surface area (Å²) in [4.78, 5) is 0. The molecule has 5 heteroatoms. The van der Waals surface area contributed by atoms with Crippen molar-refractivity contribution >= 4 is 32.7 Å². The molecule has 4 rings (SSSR count). The van der Waals surface area contributed by atoms with Crippen LogP contribution in [0.25, 0.3) is 0 Å². The molecule has 0 fully saturated rings. The van der Waals surface area contributed by atoms with E-state index >= 15 is 0 Å². The standard InChI is InChI=1S/4C6H4F.Sn/c4*7-6-4-2-1-3-5-6;/h4*1-2,4-5H;. The van der Waals surface area contributed by atoms with Crippen molar-refractivity contribution in [2.45, 2.75) is 0 Å². The number of hydrogen-bond donors (Lipinski definition) is 0. The van der Waals surface area contributed by atoms with Crippen LogP contribution in [0.3, 0.4) is 0 Å². The molecule has 29 heavy (non-hydrogen) atoms. The molecule has 0 nitrogen and oxygen atoms in total. The summed E-state index contributed by atoms with van der Waals surface area (Å²) in [7, 11) is 0. The van der Waals surface area contributed by atoms with E-state index in [4.69, 9.17) is 0 Å². The summed E-state index contributed by atoms with van der Waals surface area (Å²) in [5.74, 6) is -1.80. The minimum atomic E-state index is -4.44. The predicted molar refractivity (Wildman–Crippen MR) is 110 cm³/mol. The fraction of sp³-hybridized carbons (Fsp3) is 0. The van der Waals surface area contributed by atoms with E-state index in [0.29, 0.717) is 14.3 Å². The quantitative estimate of drug-likeness (QED) is 0.298. The van der Waals surface area contributed by atoms with E-state index in [0.717, 1.165) is 0 Å². The summed E-state index contributed by atoms with van der Waals surface area (Å²) < 4.78 is 59.7. The molecule has 0 spiro atoms. The SMILES string of the molecule is Fc1ccc[c]([Sn]([c]2cccc(F)c2)([c]2cccc(F)c2)[c]2cccc(F)c2)c1. The van der Waals surface area contributed by atoms with Crippen LogP contribution >= 0.6 is 0 Å². The molecule has 0 unspecified atom stereocenters. The Morgan fingerprint density at radius 3 is 0.828 bits per heavy atom. The van der Waals surface area contributed by atoms with Gasteiger partial charge in [-0.25, -0.2) is 0 Å². The molecule has 4 aromatic carbocycles. The van der Waals surface area contributed by atoms with Gasteiger partial charge in [0, 0.05) is 0 Å². The van der Waals surface area contributed by atoms with Crippen LogP contribution in [0.4, 0.5) is 17.6 Å². The molecule has 0 aliphatic rings. The molecule has 0 saturated heterocycles. The van der Waals surface area contributed by atoms with Gasteiger partial charge in [0.15, 0.2) is 0 Å². The van der Waals surface area contributed by atoms with Crippen molar-refractivity contribution in [3.05, 3.63) is 120 Å². The first-order valence-corrected chi connectivity index (χ1v) is 14.7. The fourth-order valence-corrected chi connectivity index (χ4v) is 17.6. The summed E-state index contributed by atoms with van der Waals surface area (Å²) in [5, 5.41) is 0. The van der Waals surface area contributed by atoms with Gasteiger partial charge in [-0.2, -0.15) is 0 Å². The van der Waals surface area contributed by atoms with Gasteiger partial charge in [0.05, 0.1) is 0 Å². The molecule has 0 radical (unpaired) electrons. The van der Waals surface area contributed by atoms with E-state index in [1.807, 2.05) is 0 Å². The van der Waals surface area contributed by atoms with Gasteiger partial charge in [-0.1, -0.05) is 0 Å². The number of halogens is 4. The van der Waals surface area contributed by atoms with Crippen LogP contribution in [-0.4, -0.2) is 18.4 Å². The summed E-state index contributed by atoms with van der Waals surface area (Å²) in [6.07, 6.45) is 0. The van der Waals surface area contributed by atoms with Crippen LogP contribution in [-0.2, 0) is 0 Å². The van der Waals surface area contributed by atoms with Crippen LogP contribution < -0.4 is 14.3 Å². The van der Waals surface area contributed by atoms with E-state index < -0.39 is 41.6 Å². The molecule has 4 aromatic rings. The van der Waals surface area contributed by atoms with Crippen LogP contribution in [0, 0.1) is 23.3 Å². The van der Waals surface area contributed by atoms with Gasteiger partial charge in [-0.15, -0.1) is 0 Å². The zero-order valence-electron chi connectivity index (χ0n) is 15.2. The maximum atomic E-state index is 14.3. The van der Waals surface area contributed by atoms with Gasteiger partial charge >= 0.3 is 171 Å². The van der Waals surface area contributed by atoms with Crippen molar-refractivity contribution in [3.8, 4) is 0 Å². The van der Waals surface area contributed by atoms with Crippen molar-refractivity contribution in [2.24, 2.45) is 0 Å². The van der Waals surface area contributed by atoms with E-state index in [2.05, 4.69) is 0 Å². The average Bonchev–Trinajstić information content (AvgIpc) is 2.69. The van der Waals surface area contributed by atoms with Crippen LogP contribution in [0.2, 0.25) is 0 Å². The molecular weight excluding hydrogens is 483 g/mol. The Bertz CT molecular complexity index is 985. The zero-order chi connectivity index (χ0) is 20.4. The van der Waals surface area contributed by atoms with Gasteiger partial charge in [-0.05, 0) is 0 Å². The van der Waals surface area contributed by atoms with Crippen molar-refractivity contribution in [1.82, 2.24) is 0 Å². The van der Waals surface area contributed by atoms with Crippen molar-refractivity contribution < 1.29 is 17.6 Å².